The molecule has 36 heavy (non-hydrogen) atoms. The number of rotatable bonds is 10. The van der Waals surface area contributed by atoms with Gasteiger partial charge in [-0.2, -0.15) is 0 Å². The van der Waals surface area contributed by atoms with E-state index in [1.54, 1.807) is 32.2 Å². The average molecular weight is 509 g/mol. The Labute approximate surface area is 213 Å². The fourth-order valence-electron chi connectivity index (χ4n) is 4.22. The van der Waals surface area contributed by atoms with Gasteiger partial charge in [0.2, 0.25) is 5.78 Å². The predicted molar refractivity (Wildman–Crippen MR) is 137 cm³/mol. The van der Waals surface area contributed by atoms with Gasteiger partial charge in [0, 0.05) is 19.2 Å². The van der Waals surface area contributed by atoms with Crippen LogP contribution >= 0.6 is 11.3 Å². The van der Waals surface area contributed by atoms with Crippen molar-refractivity contribution in [2.45, 2.75) is 19.9 Å². The highest BCUT2D eigenvalue weighted by Crippen LogP contribution is 2.43. The van der Waals surface area contributed by atoms with Gasteiger partial charge in [0.25, 0.3) is 5.91 Å². The molecule has 2 aromatic carbocycles. The summed E-state index contributed by atoms with van der Waals surface area (Å²) in [6, 6.07) is 14.0. The van der Waals surface area contributed by atoms with Crippen molar-refractivity contribution in [2.75, 3.05) is 34.0 Å². The van der Waals surface area contributed by atoms with E-state index in [9.17, 15) is 14.7 Å². The van der Waals surface area contributed by atoms with Crippen molar-refractivity contribution in [3.05, 3.63) is 76.0 Å². The van der Waals surface area contributed by atoms with Crippen LogP contribution in [0.1, 0.15) is 33.9 Å². The lowest BCUT2D eigenvalue weighted by atomic mass is 9.94. The van der Waals surface area contributed by atoms with Crippen LogP contribution in [0.3, 0.4) is 0 Å². The molecule has 2 heterocycles. The highest BCUT2D eigenvalue weighted by atomic mass is 32.1. The monoisotopic (exact) mass is 508 g/mol. The number of ketones is 1. The van der Waals surface area contributed by atoms with Gasteiger partial charge in [0.05, 0.1) is 42.5 Å². The number of aliphatic hydroxyl groups is 1. The molecular formula is C27H28N2O6S. The summed E-state index contributed by atoms with van der Waals surface area (Å²) >= 11 is 1.24. The maximum atomic E-state index is 13.9. The zero-order valence-electron chi connectivity index (χ0n) is 20.6. The fraction of sp³-hybridized carbons (Fsp3) is 0.296. The maximum absolute atomic E-state index is 13.9. The number of ether oxygens (including phenoxy) is 3. The van der Waals surface area contributed by atoms with Gasteiger partial charge in [-0.05, 0) is 31.5 Å². The number of carbonyl (C=O) groups excluding carboxylic acids is 2. The molecule has 8 nitrogen and oxygen atoms in total. The molecule has 0 fully saturated rings. The number of aryl methyl sites for hydroxylation is 1. The van der Waals surface area contributed by atoms with Crippen LogP contribution in [0.15, 0.2) is 59.9 Å². The molecule has 1 N–H and O–H groups in total. The van der Waals surface area contributed by atoms with Crippen LogP contribution in [-0.4, -0.2) is 60.7 Å². The summed E-state index contributed by atoms with van der Waals surface area (Å²) < 4.78 is 16.3. The Morgan fingerprint density at radius 2 is 1.89 bits per heavy atom. The Morgan fingerprint density at radius 1 is 1.14 bits per heavy atom. The van der Waals surface area contributed by atoms with E-state index < -0.39 is 23.5 Å². The van der Waals surface area contributed by atoms with Crippen molar-refractivity contribution < 1.29 is 28.9 Å². The number of hydrogen-bond acceptors (Lipinski definition) is 8. The minimum atomic E-state index is -0.827. The second-order valence-corrected chi connectivity index (χ2v) is 9.13. The molecular weight excluding hydrogens is 480 g/mol. The minimum absolute atomic E-state index is 0.00933. The second kappa shape index (κ2) is 10.9. The van der Waals surface area contributed by atoms with E-state index >= 15 is 0 Å². The first-order valence-electron chi connectivity index (χ1n) is 11.5. The largest absolute Gasteiger partial charge is 0.503 e. The molecule has 188 valence electrons. The lowest BCUT2D eigenvalue weighted by molar-refractivity contribution is -0.130. The summed E-state index contributed by atoms with van der Waals surface area (Å²) in [6.07, 6.45) is 0. The molecule has 1 aliphatic heterocycles. The molecule has 9 heteroatoms. The first kappa shape index (κ1) is 25.4. The fourth-order valence-corrected chi connectivity index (χ4v) is 5.24. The third-order valence-corrected chi connectivity index (χ3v) is 7.12. The van der Waals surface area contributed by atoms with E-state index in [4.69, 9.17) is 14.2 Å². The first-order valence-corrected chi connectivity index (χ1v) is 12.3. The molecule has 4 rings (SSSR count). The van der Waals surface area contributed by atoms with E-state index in [2.05, 4.69) is 4.98 Å². The van der Waals surface area contributed by atoms with E-state index in [-0.39, 0.29) is 18.7 Å². The Morgan fingerprint density at radius 3 is 2.56 bits per heavy atom. The molecule has 0 radical (unpaired) electrons. The van der Waals surface area contributed by atoms with Crippen molar-refractivity contribution >= 4 is 23.0 Å². The van der Waals surface area contributed by atoms with E-state index in [1.807, 2.05) is 37.3 Å². The van der Waals surface area contributed by atoms with Gasteiger partial charge in [-0.25, -0.2) is 4.98 Å². The Hall–Kier alpha value is -3.69. The molecule has 1 atom stereocenters. The van der Waals surface area contributed by atoms with Crippen molar-refractivity contribution in [3.8, 4) is 22.1 Å². The summed E-state index contributed by atoms with van der Waals surface area (Å²) in [5, 5.41) is 11.6. The van der Waals surface area contributed by atoms with Gasteiger partial charge in [-0.15, -0.1) is 11.3 Å². The molecule has 1 unspecified atom stereocenters. The zero-order chi connectivity index (χ0) is 25.8. The number of nitrogens with zero attached hydrogens (tertiary/aromatic N) is 2. The quantitative estimate of drug-likeness (QED) is 0.395. The highest BCUT2D eigenvalue weighted by Gasteiger charge is 2.44. The number of Topliss-reactive ketones (excluding diaryl/α,β-unsaturated/α-hetero) is 1. The average Bonchev–Trinajstić information content (AvgIpc) is 3.40. The topological polar surface area (TPSA) is 98.2 Å². The summed E-state index contributed by atoms with van der Waals surface area (Å²) in [4.78, 5) is 33.4. The predicted octanol–water partition coefficient (Wildman–Crippen LogP) is 4.75. The molecule has 0 saturated heterocycles. The molecule has 0 spiro atoms. The Balaban J connectivity index is 1.80. The lowest BCUT2D eigenvalue weighted by Crippen LogP contribution is -2.34. The van der Waals surface area contributed by atoms with Crippen LogP contribution in [0, 0.1) is 6.92 Å². The molecule has 0 saturated carbocycles. The smallest absolute Gasteiger partial charge is 0.290 e. The van der Waals surface area contributed by atoms with Crippen LogP contribution in [-0.2, 0) is 9.53 Å². The van der Waals surface area contributed by atoms with E-state index in [0.29, 0.717) is 39.2 Å². The van der Waals surface area contributed by atoms with Crippen LogP contribution in [0.4, 0.5) is 0 Å². The van der Waals surface area contributed by atoms with Crippen LogP contribution in [0.5, 0.6) is 11.5 Å². The summed E-state index contributed by atoms with van der Waals surface area (Å²) in [7, 11) is 3.07. The zero-order valence-corrected chi connectivity index (χ0v) is 21.4. The first-order chi connectivity index (χ1) is 17.4. The maximum Gasteiger partial charge on any atom is 0.290 e. The van der Waals surface area contributed by atoms with Gasteiger partial charge in [0.15, 0.2) is 17.3 Å². The van der Waals surface area contributed by atoms with Crippen molar-refractivity contribution in [3.63, 3.8) is 0 Å². The number of amides is 1. The molecule has 0 bridgehead atoms. The number of benzene rings is 2. The van der Waals surface area contributed by atoms with Gasteiger partial charge in [0.1, 0.15) is 5.01 Å². The third-order valence-electron chi connectivity index (χ3n) is 5.91. The minimum Gasteiger partial charge on any atom is -0.503 e. The van der Waals surface area contributed by atoms with Crippen molar-refractivity contribution in [2.24, 2.45) is 0 Å². The van der Waals surface area contributed by atoms with Gasteiger partial charge < -0.3 is 24.2 Å². The summed E-state index contributed by atoms with van der Waals surface area (Å²) in [6.45, 7) is 4.44. The van der Waals surface area contributed by atoms with Gasteiger partial charge in [-0.1, -0.05) is 36.4 Å². The Bertz CT molecular complexity index is 1300. The number of carbonyl (C=O) groups is 2. The van der Waals surface area contributed by atoms with Gasteiger partial charge >= 0.3 is 0 Å². The van der Waals surface area contributed by atoms with Crippen LogP contribution in [0.25, 0.3) is 10.6 Å². The summed E-state index contributed by atoms with van der Waals surface area (Å²) in [5.74, 6) is -0.615. The summed E-state index contributed by atoms with van der Waals surface area (Å²) in [5.41, 5.74) is 2.05. The molecule has 1 amide bonds. The van der Waals surface area contributed by atoms with Crippen molar-refractivity contribution in [1.82, 2.24) is 9.88 Å². The highest BCUT2D eigenvalue weighted by molar-refractivity contribution is 7.17. The normalized spacial score (nSPS) is 15.5. The standard InChI is InChI=1S/C27H28N2O6S/c1-5-35-20-15-18(11-12-19(20)34-4)22-21(24(31)27(32)29(22)13-14-33-3)23(30)25-16(2)28-26(36-25)17-9-7-6-8-10-17/h6-12,15,22,31H,5,13-14H2,1-4H3. The number of hydrogen-bond donors (Lipinski definition) is 1. The van der Waals surface area contributed by atoms with Crippen LogP contribution in [0.2, 0.25) is 0 Å². The van der Waals surface area contributed by atoms with Crippen LogP contribution < -0.4 is 9.47 Å². The number of aliphatic hydroxyl groups excluding tert-OH is 1. The Kier molecular flexibility index (Phi) is 7.71. The van der Waals surface area contributed by atoms with E-state index in [0.717, 1.165) is 5.56 Å². The third kappa shape index (κ3) is 4.72. The SMILES string of the molecule is CCOc1cc(C2C(C(=O)c3sc(-c4ccccc4)nc3C)=C(O)C(=O)N2CCOC)ccc1OC. The lowest BCUT2D eigenvalue weighted by Gasteiger charge is -2.27. The van der Waals surface area contributed by atoms with Crippen molar-refractivity contribution in [1.29, 1.82) is 0 Å². The number of aromatic nitrogens is 1. The second-order valence-electron chi connectivity index (χ2n) is 8.13. The van der Waals surface area contributed by atoms with E-state index in [1.165, 1.54) is 23.3 Å². The molecule has 1 aromatic heterocycles. The van der Waals surface area contributed by atoms with Gasteiger partial charge in [-0.3, -0.25) is 9.59 Å². The number of methoxy groups -OCH3 is 2. The molecule has 1 aliphatic rings. The number of thiazole rings is 1. The molecule has 3 aromatic rings. The molecule has 0 aliphatic carbocycles.